The van der Waals surface area contributed by atoms with Crippen LogP contribution < -0.4 is 0 Å². The largest absolute Gasteiger partial charge is 0.0996 e. The summed E-state index contributed by atoms with van der Waals surface area (Å²) in [4.78, 5) is 0. The van der Waals surface area contributed by atoms with Gasteiger partial charge in [-0.1, -0.05) is 46.3 Å². The second kappa shape index (κ2) is 5.40. The number of hydrogen-bond donors (Lipinski definition) is 0. The van der Waals surface area contributed by atoms with E-state index in [-0.39, 0.29) is 0 Å². The highest BCUT2D eigenvalue weighted by molar-refractivity contribution is 4.97. The van der Waals surface area contributed by atoms with Gasteiger partial charge in [0.15, 0.2) is 0 Å². The van der Waals surface area contributed by atoms with E-state index in [1.54, 1.807) is 0 Å². The maximum atomic E-state index is 4.06. The van der Waals surface area contributed by atoms with Crippen molar-refractivity contribution in [2.24, 2.45) is 11.8 Å². The van der Waals surface area contributed by atoms with Crippen LogP contribution in [0.25, 0.3) is 0 Å². The fourth-order valence-electron chi connectivity index (χ4n) is 0.925. The molecule has 0 aliphatic rings. The van der Waals surface area contributed by atoms with E-state index < -0.39 is 0 Å². The summed E-state index contributed by atoms with van der Waals surface area (Å²) in [6.45, 7) is 13.1. The predicted octanol–water partition coefficient (Wildman–Crippen LogP) is 4.02. The number of allylic oxidation sites excluding steroid dienone is 1. The van der Waals surface area contributed by atoms with Crippen molar-refractivity contribution in [1.29, 1.82) is 0 Å². The molecule has 0 amide bonds. The number of rotatable bonds is 5. The van der Waals surface area contributed by atoms with Gasteiger partial charge in [0.05, 0.1) is 0 Å². The van der Waals surface area contributed by atoms with Gasteiger partial charge in [0.25, 0.3) is 0 Å². The normalized spacial score (nSPS) is 13.5. The summed E-state index contributed by atoms with van der Waals surface area (Å²) < 4.78 is 0. The van der Waals surface area contributed by atoms with Gasteiger partial charge in [-0.15, -0.1) is 0 Å². The van der Waals surface area contributed by atoms with E-state index in [1.165, 1.54) is 24.8 Å². The first-order valence-corrected chi connectivity index (χ1v) is 4.75. The quantitative estimate of drug-likeness (QED) is 0.524. The average molecular weight is 154 g/mol. The molecule has 0 saturated carbocycles. The maximum Gasteiger partial charge on any atom is -0.0263 e. The van der Waals surface area contributed by atoms with Crippen LogP contribution in [0.5, 0.6) is 0 Å². The lowest BCUT2D eigenvalue weighted by Crippen LogP contribution is -1.97. The smallest absolute Gasteiger partial charge is 0.0263 e. The zero-order valence-corrected chi connectivity index (χ0v) is 8.48. The molecule has 0 aliphatic carbocycles. The average Bonchev–Trinajstić information content (AvgIpc) is 1.99. The van der Waals surface area contributed by atoms with E-state index in [4.69, 9.17) is 0 Å². The molecular formula is C11H22. The van der Waals surface area contributed by atoms with Crippen molar-refractivity contribution in [3.05, 3.63) is 12.2 Å². The molecule has 1 unspecified atom stereocenters. The van der Waals surface area contributed by atoms with Crippen LogP contribution in [0.1, 0.15) is 47.0 Å². The Balaban J connectivity index is 3.46. The highest BCUT2D eigenvalue weighted by Gasteiger charge is 2.03. The third-order valence-corrected chi connectivity index (χ3v) is 2.47. The lowest BCUT2D eigenvalue weighted by Gasteiger charge is -2.12. The lowest BCUT2D eigenvalue weighted by atomic mass is 9.94. The van der Waals surface area contributed by atoms with Gasteiger partial charge in [0.2, 0.25) is 0 Å². The Bertz CT molecular complexity index is 111. The molecule has 0 fully saturated rings. The third-order valence-electron chi connectivity index (χ3n) is 2.47. The van der Waals surface area contributed by atoms with E-state index in [9.17, 15) is 0 Å². The molecule has 0 heteroatoms. The minimum absolute atomic E-state index is 0.666. The first-order chi connectivity index (χ1) is 5.07. The summed E-state index contributed by atoms with van der Waals surface area (Å²) in [6.07, 6.45) is 3.82. The van der Waals surface area contributed by atoms with Crippen LogP contribution in [0.3, 0.4) is 0 Å². The monoisotopic (exact) mass is 154 g/mol. The van der Waals surface area contributed by atoms with E-state index in [0.29, 0.717) is 5.92 Å². The zero-order valence-electron chi connectivity index (χ0n) is 8.48. The second-order valence-corrected chi connectivity index (χ2v) is 3.87. The van der Waals surface area contributed by atoms with Crippen molar-refractivity contribution >= 4 is 0 Å². The van der Waals surface area contributed by atoms with Crippen LogP contribution in [0, 0.1) is 11.8 Å². The molecule has 0 aromatic carbocycles. The molecule has 0 rings (SSSR count). The zero-order chi connectivity index (χ0) is 8.85. The second-order valence-electron chi connectivity index (χ2n) is 3.87. The van der Waals surface area contributed by atoms with Crippen molar-refractivity contribution in [3.63, 3.8) is 0 Å². The van der Waals surface area contributed by atoms with E-state index in [0.717, 1.165) is 5.92 Å². The molecular weight excluding hydrogens is 132 g/mol. The molecule has 0 nitrogen and oxygen atoms in total. The Morgan fingerprint density at radius 2 is 1.82 bits per heavy atom. The highest BCUT2D eigenvalue weighted by Crippen LogP contribution is 2.18. The topological polar surface area (TPSA) is 0 Å². The molecule has 0 aliphatic heterocycles. The van der Waals surface area contributed by atoms with Gasteiger partial charge in [-0.2, -0.15) is 0 Å². The molecule has 11 heavy (non-hydrogen) atoms. The van der Waals surface area contributed by atoms with Gasteiger partial charge < -0.3 is 0 Å². The Kier molecular flexibility index (Phi) is 5.27. The molecule has 0 spiro atoms. The van der Waals surface area contributed by atoms with Gasteiger partial charge in [-0.25, -0.2) is 0 Å². The molecule has 0 aromatic heterocycles. The van der Waals surface area contributed by atoms with Crippen molar-refractivity contribution in [2.45, 2.75) is 47.0 Å². The molecule has 0 N–H and O–H groups in total. The van der Waals surface area contributed by atoms with Crippen molar-refractivity contribution in [1.82, 2.24) is 0 Å². The minimum Gasteiger partial charge on any atom is -0.0996 e. The fourth-order valence-corrected chi connectivity index (χ4v) is 0.925. The molecule has 1 atom stereocenters. The minimum atomic E-state index is 0.666. The highest BCUT2D eigenvalue weighted by atomic mass is 14.1. The van der Waals surface area contributed by atoms with Gasteiger partial charge in [-0.05, 0) is 24.7 Å². The summed E-state index contributed by atoms with van der Waals surface area (Å²) in [7, 11) is 0. The van der Waals surface area contributed by atoms with Gasteiger partial charge in [0.1, 0.15) is 0 Å². The van der Waals surface area contributed by atoms with Gasteiger partial charge in [-0.3, -0.25) is 0 Å². The Morgan fingerprint density at radius 3 is 2.18 bits per heavy atom. The summed E-state index contributed by atoms with van der Waals surface area (Å²) >= 11 is 0. The summed E-state index contributed by atoms with van der Waals surface area (Å²) in [5.74, 6) is 1.53. The van der Waals surface area contributed by atoms with Crippen LogP contribution in [0.15, 0.2) is 12.2 Å². The summed E-state index contributed by atoms with van der Waals surface area (Å²) in [5, 5.41) is 0. The predicted molar refractivity (Wildman–Crippen MR) is 52.7 cm³/mol. The fraction of sp³-hybridized carbons (Fsp3) is 0.818. The Morgan fingerprint density at radius 1 is 1.27 bits per heavy atom. The lowest BCUT2D eigenvalue weighted by molar-refractivity contribution is 0.503. The standard InChI is InChI=1S/C11H22/c1-6-10(4)7-8-11(5)9(2)3/h9-10H,5-8H2,1-4H3. The van der Waals surface area contributed by atoms with Gasteiger partial charge >= 0.3 is 0 Å². The molecule has 0 saturated heterocycles. The van der Waals surface area contributed by atoms with Crippen molar-refractivity contribution in [2.75, 3.05) is 0 Å². The van der Waals surface area contributed by atoms with Crippen LogP contribution in [-0.2, 0) is 0 Å². The van der Waals surface area contributed by atoms with Gasteiger partial charge in [0, 0.05) is 0 Å². The van der Waals surface area contributed by atoms with E-state index in [2.05, 4.69) is 34.3 Å². The first kappa shape index (κ1) is 10.7. The van der Waals surface area contributed by atoms with E-state index >= 15 is 0 Å². The van der Waals surface area contributed by atoms with E-state index in [1.807, 2.05) is 0 Å². The van der Waals surface area contributed by atoms with Crippen LogP contribution in [0.4, 0.5) is 0 Å². The molecule has 0 radical (unpaired) electrons. The van der Waals surface area contributed by atoms with Crippen molar-refractivity contribution < 1.29 is 0 Å². The first-order valence-electron chi connectivity index (χ1n) is 4.75. The van der Waals surface area contributed by atoms with Crippen LogP contribution >= 0.6 is 0 Å². The van der Waals surface area contributed by atoms with Crippen molar-refractivity contribution in [3.8, 4) is 0 Å². The maximum absolute atomic E-state index is 4.06. The number of hydrogen-bond acceptors (Lipinski definition) is 0. The summed E-state index contributed by atoms with van der Waals surface area (Å²) in [5.41, 5.74) is 1.41. The molecule has 0 aromatic rings. The summed E-state index contributed by atoms with van der Waals surface area (Å²) in [6, 6.07) is 0. The Labute approximate surface area is 71.7 Å². The molecule has 0 heterocycles. The third kappa shape index (κ3) is 5.06. The van der Waals surface area contributed by atoms with Crippen LogP contribution in [0.2, 0.25) is 0 Å². The molecule has 0 bridgehead atoms. The Hall–Kier alpha value is -0.260. The SMILES string of the molecule is C=C(CCC(C)CC)C(C)C. The molecule has 66 valence electrons. The van der Waals surface area contributed by atoms with Crippen LogP contribution in [-0.4, -0.2) is 0 Å².